The highest BCUT2D eigenvalue weighted by Crippen LogP contribution is 2.38. The molecule has 3 saturated heterocycles. The third-order valence-electron chi connectivity index (χ3n) is 5.22. The van der Waals surface area contributed by atoms with Crippen LogP contribution in [-0.2, 0) is 9.47 Å². The van der Waals surface area contributed by atoms with Crippen molar-refractivity contribution in [3.8, 4) is 0 Å². The van der Waals surface area contributed by atoms with Gasteiger partial charge in [-0.1, -0.05) is 0 Å². The topological polar surface area (TPSA) is 64.8 Å². The number of likely N-dealkylation sites (tertiary alicyclic amines) is 1. The Labute approximate surface area is 133 Å². The number of fused-ring (bicyclic) bond motifs is 1. The number of nitrogens with zero attached hydrogens (tertiary/aromatic N) is 2. The number of benzene rings is 1. The summed E-state index contributed by atoms with van der Waals surface area (Å²) in [5.74, 6) is 0.673. The van der Waals surface area contributed by atoms with Crippen LogP contribution in [0.3, 0.4) is 0 Å². The summed E-state index contributed by atoms with van der Waals surface area (Å²) < 4.78 is 16.7. The molecule has 23 heavy (non-hydrogen) atoms. The Morgan fingerprint density at radius 2 is 2.26 bits per heavy atom. The second kappa shape index (κ2) is 4.79. The van der Waals surface area contributed by atoms with Gasteiger partial charge in [0, 0.05) is 18.7 Å². The van der Waals surface area contributed by atoms with Crippen LogP contribution in [0.25, 0.3) is 11.1 Å². The minimum Gasteiger partial charge on any atom is -0.438 e. The summed E-state index contributed by atoms with van der Waals surface area (Å²) in [4.78, 5) is 19.1. The Kier molecular flexibility index (Phi) is 2.81. The zero-order valence-corrected chi connectivity index (χ0v) is 12.8. The van der Waals surface area contributed by atoms with E-state index < -0.39 is 0 Å². The van der Waals surface area contributed by atoms with Gasteiger partial charge in [-0.25, -0.2) is 4.98 Å². The monoisotopic (exact) mass is 314 g/mol. The number of rotatable bonds is 2. The molecule has 3 aliphatic rings. The number of aromatic nitrogens is 1. The maximum atomic E-state index is 12.7. The van der Waals surface area contributed by atoms with Crippen LogP contribution < -0.4 is 0 Å². The average Bonchev–Trinajstić information content (AvgIpc) is 3.12. The van der Waals surface area contributed by atoms with Crippen LogP contribution in [0.15, 0.2) is 22.6 Å². The lowest BCUT2D eigenvalue weighted by molar-refractivity contribution is -0.172. The van der Waals surface area contributed by atoms with Crippen molar-refractivity contribution < 1.29 is 18.7 Å². The van der Waals surface area contributed by atoms with Crippen LogP contribution in [0.2, 0.25) is 0 Å². The summed E-state index contributed by atoms with van der Waals surface area (Å²) in [6, 6.07) is 5.49. The number of ether oxygens (including phenoxy) is 2. The van der Waals surface area contributed by atoms with Crippen LogP contribution in [0, 0.1) is 0 Å². The average molecular weight is 314 g/mol. The molecule has 0 N–H and O–H groups in total. The molecule has 1 spiro atoms. The third-order valence-corrected chi connectivity index (χ3v) is 5.22. The second-order valence-electron chi connectivity index (χ2n) is 6.66. The van der Waals surface area contributed by atoms with Gasteiger partial charge < -0.3 is 18.8 Å². The van der Waals surface area contributed by atoms with Crippen LogP contribution in [0.5, 0.6) is 0 Å². The van der Waals surface area contributed by atoms with Crippen LogP contribution >= 0.6 is 0 Å². The largest absolute Gasteiger partial charge is 0.438 e. The normalized spacial score (nSPS) is 25.6. The fraction of sp³-hybridized carbons (Fsp3) is 0.529. The van der Waals surface area contributed by atoms with Gasteiger partial charge in [-0.05, 0) is 37.5 Å². The van der Waals surface area contributed by atoms with E-state index >= 15 is 0 Å². The maximum absolute atomic E-state index is 12.7. The van der Waals surface area contributed by atoms with Gasteiger partial charge in [0.15, 0.2) is 5.58 Å². The molecule has 120 valence electrons. The summed E-state index contributed by atoms with van der Waals surface area (Å²) in [6.07, 6.45) is 2.96. The first-order valence-electron chi connectivity index (χ1n) is 8.17. The number of carbonyl (C=O) groups excluding carboxylic acids is 1. The number of amides is 1. The lowest BCUT2D eigenvalue weighted by Crippen LogP contribution is -2.72. The molecule has 0 saturated carbocycles. The first kappa shape index (κ1) is 13.5. The summed E-state index contributed by atoms with van der Waals surface area (Å²) in [6.45, 7) is 2.88. The molecule has 1 atom stereocenters. The van der Waals surface area contributed by atoms with E-state index in [2.05, 4.69) is 4.98 Å². The summed E-state index contributed by atoms with van der Waals surface area (Å²) in [7, 11) is 0. The first-order valence-corrected chi connectivity index (χ1v) is 8.17. The number of oxazole rings is 1. The molecule has 3 fully saturated rings. The highest BCUT2D eigenvalue weighted by molar-refractivity contribution is 5.98. The molecule has 2 aromatic rings. The molecule has 6 nitrogen and oxygen atoms in total. The van der Waals surface area contributed by atoms with Gasteiger partial charge in [0.25, 0.3) is 5.91 Å². The van der Waals surface area contributed by atoms with Crippen LogP contribution in [0.4, 0.5) is 0 Å². The van der Waals surface area contributed by atoms with Gasteiger partial charge >= 0.3 is 0 Å². The van der Waals surface area contributed by atoms with Crippen molar-refractivity contribution in [1.29, 1.82) is 0 Å². The van der Waals surface area contributed by atoms with Crippen molar-refractivity contribution in [3.63, 3.8) is 0 Å². The molecule has 1 amide bonds. The molecule has 1 aromatic heterocycles. The van der Waals surface area contributed by atoms with E-state index in [1.165, 1.54) is 0 Å². The number of carbonyl (C=O) groups is 1. The Hall–Kier alpha value is -1.92. The first-order chi connectivity index (χ1) is 11.3. The van der Waals surface area contributed by atoms with Crippen molar-refractivity contribution in [3.05, 3.63) is 29.7 Å². The van der Waals surface area contributed by atoms with Crippen LogP contribution in [-0.4, -0.2) is 47.7 Å². The zero-order chi connectivity index (χ0) is 15.4. The van der Waals surface area contributed by atoms with Gasteiger partial charge in [0.1, 0.15) is 11.6 Å². The minimum atomic E-state index is -0.0488. The lowest BCUT2D eigenvalue weighted by atomic mass is 9.82. The van der Waals surface area contributed by atoms with Crippen molar-refractivity contribution in [2.45, 2.75) is 30.9 Å². The van der Waals surface area contributed by atoms with Crippen LogP contribution in [0.1, 0.15) is 41.6 Å². The van der Waals surface area contributed by atoms with E-state index in [9.17, 15) is 4.79 Å². The SMILES string of the molecule is O=C(c1ccc2nc(C3CCCO3)oc2c1)N1CCC12COC2. The van der Waals surface area contributed by atoms with E-state index in [0.717, 1.165) is 37.9 Å². The molecule has 4 heterocycles. The molecule has 1 aromatic carbocycles. The molecule has 5 rings (SSSR count). The van der Waals surface area contributed by atoms with Gasteiger partial charge in [-0.15, -0.1) is 0 Å². The van der Waals surface area contributed by atoms with E-state index in [1.807, 2.05) is 17.0 Å². The molecule has 0 radical (unpaired) electrons. The van der Waals surface area contributed by atoms with Gasteiger partial charge in [0.05, 0.1) is 18.8 Å². The van der Waals surface area contributed by atoms with Crippen molar-refractivity contribution >= 4 is 17.0 Å². The summed E-state index contributed by atoms with van der Waals surface area (Å²) >= 11 is 0. The van der Waals surface area contributed by atoms with E-state index in [4.69, 9.17) is 13.9 Å². The van der Waals surface area contributed by atoms with Crippen molar-refractivity contribution in [1.82, 2.24) is 9.88 Å². The molecule has 6 heteroatoms. The predicted molar refractivity (Wildman–Crippen MR) is 81.1 cm³/mol. The van der Waals surface area contributed by atoms with Gasteiger partial charge in [-0.2, -0.15) is 0 Å². The fourth-order valence-electron chi connectivity index (χ4n) is 3.64. The number of hydrogen-bond acceptors (Lipinski definition) is 5. The van der Waals surface area contributed by atoms with E-state index in [0.29, 0.717) is 30.3 Å². The molecule has 0 bridgehead atoms. The van der Waals surface area contributed by atoms with E-state index in [-0.39, 0.29) is 17.6 Å². The highest BCUT2D eigenvalue weighted by atomic mass is 16.5. The Morgan fingerprint density at radius 1 is 1.35 bits per heavy atom. The van der Waals surface area contributed by atoms with E-state index in [1.54, 1.807) is 6.07 Å². The Balaban J connectivity index is 1.44. The summed E-state index contributed by atoms with van der Waals surface area (Å²) in [5, 5.41) is 0. The highest BCUT2D eigenvalue weighted by Gasteiger charge is 2.53. The molecular formula is C17H18N2O4. The van der Waals surface area contributed by atoms with Gasteiger partial charge in [-0.3, -0.25) is 4.79 Å². The number of hydrogen-bond donors (Lipinski definition) is 0. The smallest absolute Gasteiger partial charge is 0.254 e. The zero-order valence-electron chi connectivity index (χ0n) is 12.8. The minimum absolute atomic E-state index is 0.0453. The second-order valence-corrected chi connectivity index (χ2v) is 6.66. The molecular weight excluding hydrogens is 296 g/mol. The lowest BCUT2D eigenvalue weighted by Gasteiger charge is -2.57. The molecule has 1 unspecified atom stereocenters. The Bertz CT molecular complexity index is 768. The van der Waals surface area contributed by atoms with Crippen molar-refractivity contribution in [2.24, 2.45) is 0 Å². The third kappa shape index (κ3) is 1.95. The fourth-order valence-corrected chi connectivity index (χ4v) is 3.64. The maximum Gasteiger partial charge on any atom is 0.254 e. The molecule has 3 aliphatic heterocycles. The summed E-state index contributed by atoms with van der Waals surface area (Å²) in [5.41, 5.74) is 2.03. The predicted octanol–water partition coefficient (Wildman–Crippen LogP) is 2.29. The standard InChI is InChI=1S/C17H18N2O4/c20-16(19-6-5-17(19)9-21-10-17)11-3-4-12-14(8-11)23-15(18-12)13-2-1-7-22-13/h3-4,8,13H,1-2,5-7,9-10H2. The van der Waals surface area contributed by atoms with Gasteiger partial charge in [0.2, 0.25) is 5.89 Å². The Morgan fingerprint density at radius 3 is 2.91 bits per heavy atom. The molecule has 0 aliphatic carbocycles. The quantitative estimate of drug-likeness (QED) is 0.851. The van der Waals surface area contributed by atoms with Crippen molar-refractivity contribution in [2.75, 3.05) is 26.4 Å².